The van der Waals surface area contributed by atoms with Gasteiger partial charge in [0.15, 0.2) is 23.0 Å². The lowest BCUT2D eigenvalue weighted by Crippen LogP contribution is -1.97. The molecule has 0 heterocycles. The average molecular weight is 208 g/mol. The minimum atomic E-state index is -0.615. The molecule has 15 heavy (non-hydrogen) atoms. The SMILES string of the molecule is C=CCCC(=O)c1cc(O)c(O)c(O)c1. The highest BCUT2D eigenvalue weighted by Crippen LogP contribution is 2.35. The van der Waals surface area contributed by atoms with Crippen LogP contribution in [0.1, 0.15) is 23.2 Å². The first-order valence-electron chi connectivity index (χ1n) is 4.45. The Kier molecular flexibility index (Phi) is 3.33. The fraction of sp³-hybridized carbons (Fsp3) is 0.182. The maximum atomic E-state index is 11.5. The monoisotopic (exact) mass is 208 g/mol. The summed E-state index contributed by atoms with van der Waals surface area (Å²) in [6.07, 6.45) is 2.40. The summed E-state index contributed by atoms with van der Waals surface area (Å²) in [5.41, 5.74) is 0.171. The minimum Gasteiger partial charge on any atom is -0.504 e. The highest BCUT2D eigenvalue weighted by Gasteiger charge is 2.12. The zero-order chi connectivity index (χ0) is 11.4. The molecule has 0 atom stereocenters. The van der Waals surface area contributed by atoms with Crippen LogP contribution >= 0.6 is 0 Å². The molecule has 0 saturated carbocycles. The molecule has 0 spiro atoms. The van der Waals surface area contributed by atoms with Crippen molar-refractivity contribution in [2.75, 3.05) is 0 Å². The molecule has 3 N–H and O–H groups in total. The lowest BCUT2D eigenvalue weighted by Gasteiger charge is -2.04. The molecule has 80 valence electrons. The van der Waals surface area contributed by atoms with Gasteiger partial charge in [-0.25, -0.2) is 0 Å². The maximum absolute atomic E-state index is 11.5. The number of hydrogen-bond donors (Lipinski definition) is 3. The van der Waals surface area contributed by atoms with Crippen molar-refractivity contribution in [2.24, 2.45) is 0 Å². The van der Waals surface area contributed by atoms with Gasteiger partial charge in [0.25, 0.3) is 0 Å². The zero-order valence-electron chi connectivity index (χ0n) is 8.10. The van der Waals surface area contributed by atoms with Crippen molar-refractivity contribution in [3.63, 3.8) is 0 Å². The van der Waals surface area contributed by atoms with Crippen molar-refractivity contribution >= 4 is 5.78 Å². The predicted molar refractivity (Wildman–Crippen MR) is 55.2 cm³/mol. The summed E-state index contributed by atoms with van der Waals surface area (Å²) < 4.78 is 0. The van der Waals surface area contributed by atoms with Crippen LogP contribution < -0.4 is 0 Å². The largest absolute Gasteiger partial charge is 0.504 e. The molecule has 0 fully saturated rings. The summed E-state index contributed by atoms with van der Waals surface area (Å²) in [7, 11) is 0. The van der Waals surface area contributed by atoms with Gasteiger partial charge in [-0.05, 0) is 18.6 Å². The number of allylic oxidation sites excluding steroid dienone is 1. The third-order valence-corrected chi connectivity index (χ3v) is 1.97. The van der Waals surface area contributed by atoms with Crippen LogP contribution in [0.25, 0.3) is 0 Å². The molecule has 4 nitrogen and oxygen atoms in total. The van der Waals surface area contributed by atoms with Gasteiger partial charge >= 0.3 is 0 Å². The van der Waals surface area contributed by atoms with E-state index in [0.717, 1.165) is 12.1 Å². The molecule has 0 radical (unpaired) electrons. The quantitative estimate of drug-likeness (QED) is 0.401. The third kappa shape index (κ3) is 2.49. The molecule has 0 amide bonds. The lowest BCUT2D eigenvalue weighted by molar-refractivity contribution is 0.0983. The highest BCUT2D eigenvalue weighted by atomic mass is 16.3. The summed E-state index contributed by atoms with van der Waals surface area (Å²) >= 11 is 0. The second-order valence-corrected chi connectivity index (χ2v) is 3.11. The van der Waals surface area contributed by atoms with Gasteiger partial charge in [-0.2, -0.15) is 0 Å². The average Bonchev–Trinajstić information content (AvgIpc) is 2.21. The van der Waals surface area contributed by atoms with Crippen molar-refractivity contribution in [2.45, 2.75) is 12.8 Å². The zero-order valence-corrected chi connectivity index (χ0v) is 8.10. The summed E-state index contributed by atoms with van der Waals surface area (Å²) in [4.78, 5) is 11.5. The molecule has 0 unspecified atom stereocenters. The number of hydrogen-bond acceptors (Lipinski definition) is 4. The summed E-state index contributed by atoms with van der Waals surface area (Å²) in [5, 5.41) is 27.4. The van der Waals surface area contributed by atoms with Crippen LogP contribution in [0, 0.1) is 0 Å². The van der Waals surface area contributed by atoms with Crippen molar-refractivity contribution in [1.82, 2.24) is 0 Å². The van der Waals surface area contributed by atoms with E-state index in [-0.39, 0.29) is 17.8 Å². The number of benzene rings is 1. The van der Waals surface area contributed by atoms with Crippen molar-refractivity contribution in [1.29, 1.82) is 0 Å². The Labute approximate surface area is 87.1 Å². The van der Waals surface area contributed by atoms with E-state index in [1.54, 1.807) is 6.08 Å². The molecule has 0 aliphatic rings. The van der Waals surface area contributed by atoms with Crippen LogP contribution in [-0.4, -0.2) is 21.1 Å². The number of aromatic hydroxyl groups is 3. The van der Waals surface area contributed by atoms with E-state index < -0.39 is 17.2 Å². The van der Waals surface area contributed by atoms with E-state index in [0.29, 0.717) is 6.42 Å². The van der Waals surface area contributed by atoms with Gasteiger partial charge in [0.1, 0.15) is 0 Å². The van der Waals surface area contributed by atoms with E-state index in [2.05, 4.69) is 6.58 Å². The van der Waals surface area contributed by atoms with Gasteiger partial charge < -0.3 is 15.3 Å². The standard InChI is InChI=1S/C11H12O4/c1-2-3-4-8(12)7-5-9(13)11(15)10(14)6-7/h2,5-6,13-15H,1,3-4H2. The van der Waals surface area contributed by atoms with Crippen molar-refractivity contribution in [3.05, 3.63) is 30.4 Å². The Hall–Kier alpha value is -1.97. The Bertz CT molecular complexity index is 373. The number of rotatable bonds is 4. The molecule has 1 aromatic carbocycles. The number of phenols is 3. The van der Waals surface area contributed by atoms with Crippen LogP contribution in [0.2, 0.25) is 0 Å². The van der Waals surface area contributed by atoms with E-state index in [1.165, 1.54) is 0 Å². The molecule has 0 aromatic heterocycles. The summed E-state index contributed by atoms with van der Waals surface area (Å²) in [6.45, 7) is 3.48. The Morgan fingerprint density at radius 2 is 1.80 bits per heavy atom. The van der Waals surface area contributed by atoms with Gasteiger partial charge in [0.2, 0.25) is 0 Å². The third-order valence-electron chi connectivity index (χ3n) is 1.97. The molecule has 1 aromatic rings. The van der Waals surface area contributed by atoms with E-state index in [9.17, 15) is 15.0 Å². The minimum absolute atomic E-state index is 0.171. The molecule has 0 saturated heterocycles. The van der Waals surface area contributed by atoms with Crippen molar-refractivity contribution < 1.29 is 20.1 Å². The van der Waals surface area contributed by atoms with Crippen molar-refractivity contribution in [3.8, 4) is 17.2 Å². The molecular weight excluding hydrogens is 196 g/mol. The second-order valence-electron chi connectivity index (χ2n) is 3.11. The Morgan fingerprint density at radius 1 is 1.27 bits per heavy atom. The van der Waals surface area contributed by atoms with Gasteiger partial charge in [-0.1, -0.05) is 6.08 Å². The molecule has 4 heteroatoms. The fourth-order valence-corrected chi connectivity index (χ4v) is 1.14. The topological polar surface area (TPSA) is 77.8 Å². The Morgan fingerprint density at radius 3 is 2.27 bits per heavy atom. The van der Waals surface area contributed by atoms with Gasteiger partial charge in [0, 0.05) is 12.0 Å². The first-order valence-corrected chi connectivity index (χ1v) is 4.45. The van der Waals surface area contributed by atoms with E-state index >= 15 is 0 Å². The molecule has 1 rings (SSSR count). The van der Waals surface area contributed by atoms with Crippen LogP contribution in [0.15, 0.2) is 24.8 Å². The lowest BCUT2D eigenvalue weighted by atomic mass is 10.1. The molecular formula is C11H12O4. The first-order chi connectivity index (χ1) is 7.06. The van der Waals surface area contributed by atoms with Gasteiger partial charge in [-0.15, -0.1) is 6.58 Å². The molecule has 0 aliphatic heterocycles. The fourth-order valence-electron chi connectivity index (χ4n) is 1.14. The smallest absolute Gasteiger partial charge is 0.200 e. The molecule has 0 aliphatic carbocycles. The second kappa shape index (κ2) is 4.50. The predicted octanol–water partition coefficient (Wildman–Crippen LogP) is 1.95. The maximum Gasteiger partial charge on any atom is 0.200 e. The van der Waals surface area contributed by atoms with E-state index in [1.807, 2.05) is 0 Å². The van der Waals surface area contributed by atoms with Crippen LogP contribution in [-0.2, 0) is 0 Å². The van der Waals surface area contributed by atoms with Gasteiger partial charge in [0.05, 0.1) is 0 Å². The van der Waals surface area contributed by atoms with E-state index in [4.69, 9.17) is 5.11 Å². The first kappa shape index (κ1) is 11.1. The summed E-state index contributed by atoms with van der Waals surface area (Å²) in [6, 6.07) is 2.25. The van der Waals surface area contributed by atoms with Crippen LogP contribution in [0.3, 0.4) is 0 Å². The number of carbonyl (C=O) groups is 1. The van der Waals surface area contributed by atoms with Crippen LogP contribution in [0.4, 0.5) is 0 Å². The number of ketones is 1. The highest BCUT2D eigenvalue weighted by molar-refractivity contribution is 5.97. The Balaban J connectivity index is 2.95. The number of Topliss-reactive ketones (excluding diaryl/α,β-unsaturated/α-hetero) is 1. The van der Waals surface area contributed by atoms with Crippen LogP contribution in [0.5, 0.6) is 17.2 Å². The molecule has 0 bridgehead atoms. The summed E-state index contributed by atoms with van der Waals surface area (Å²) in [5.74, 6) is -1.84. The number of phenolic OH excluding ortho intramolecular Hbond substituents is 3. The normalized spacial score (nSPS) is 9.87. The number of carbonyl (C=O) groups excluding carboxylic acids is 1. The van der Waals surface area contributed by atoms with Gasteiger partial charge in [-0.3, -0.25) is 4.79 Å².